The monoisotopic (exact) mass is 313 g/mol. The Hall–Kier alpha value is -1.10. The third-order valence-corrected chi connectivity index (χ3v) is 5.59. The molecule has 21 heavy (non-hydrogen) atoms. The number of hydrogen-bond donors (Lipinski definition) is 1. The van der Waals surface area contributed by atoms with E-state index >= 15 is 0 Å². The molecule has 2 unspecified atom stereocenters. The number of nitrogens with two attached hydrogens (primary N) is 1. The van der Waals surface area contributed by atoms with Gasteiger partial charge < -0.3 is 5.73 Å². The van der Waals surface area contributed by atoms with Crippen LogP contribution in [0.15, 0.2) is 30.4 Å². The van der Waals surface area contributed by atoms with Crippen molar-refractivity contribution in [3.63, 3.8) is 0 Å². The lowest BCUT2D eigenvalue weighted by molar-refractivity contribution is -0.138. The molecule has 114 valence electrons. The average molecular weight is 313 g/mol. The summed E-state index contributed by atoms with van der Waals surface area (Å²) in [6.45, 7) is 0. The second-order valence-corrected chi connectivity index (χ2v) is 7.33. The van der Waals surface area contributed by atoms with Crippen LogP contribution in [0.5, 0.6) is 0 Å². The number of rotatable bonds is 3. The first kappa shape index (κ1) is 14.8. The molecule has 0 aromatic heterocycles. The Labute approximate surface area is 126 Å². The van der Waals surface area contributed by atoms with Gasteiger partial charge in [0.1, 0.15) is 0 Å². The van der Waals surface area contributed by atoms with Crippen LogP contribution in [-0.4, -0.2) is 10.5 Å². The molecule has 1 aromatic rings. The van der Waals surface area contributed by atoms with E-state index in [0.29, 0.717) is 10.8 Å². The largest absolute Gasteiger partial charge is 0.416 e. The molecule has 2 N–H and O–H groups in total. The molecular weight excluding hydrogens is 295 g/mol. The van der Waals surface area contributed by atoms with E-state index < -0.39 is 11.7 Å². The highest BCUT2D eigenvalue weighted by molar-refractivity contribution is 8.00. The van der Waals surface area contributed by atoms with E-state index in [2.05, 4.69) is 6.08 Å². The molecule has 0 aliphatic heterocycles. The minimum Gasteiger partial charge on any atom is -0.399 e. The molecule has 0 saturated heterocycles. The first-order valence-electron chi connectivity index (χ1n) is 7.24. The summed E-state index contributed by atoms with van der Waals surface area (Å²) in [5, 5.41) is 1.25. The maximum Gasteiger partial charge on any atom is 0.416 e. The molecule has 3 rings (SSSR count). The summed E-state index contributed by atoms with van der Waals surface area (Å²) in [6, 6.07) is 4.14. The van der Waals surface area contributed by atoms with Crippen LogP contribution in [0.1, 0.15) is 42.7 Å². The molecule has 1 fully saturated rings. The molecule has 2 aliphatic rings. The number of allylic oxidation sites excluding steroid dienone is 1. The number of nitrogen functional groups attached to an aromatic ring is 1. The van der Waals surface area contributed by atoms with E-state index in [9.17, 15) is 13.2 Å². The molecular formula is C16H18F3NS. The molecule has 0 spiro atoms. The molecule has 0 heterocycles. The maximum absolute atomic E-state index is 13.2. The van der Waals surface area contributed by atoms with E-state index in [1.165, 1.54) is 18.9 Å². The fraction of sp³-hybridized carbons (Fsp3) is 0.500. The summed E-state index contributed by atoms with van der Waals surface area (Å²) in [5.41, 5.74) is 5.43. The summed E-state index contributed by atoms with van der Waals surface area (Å²) in [4.78, 5) is 0. The zero-order valence-corrected chi connectivity index (χ0v) is 12.4. The van der Waals surface area contributed by atoms with Gasteiger partial charge in [-0.05, 0) is 43.4 Å². The van der Waals surface area contributed by atoms with Gasteiger partial charge in [-0.15, -0.1) is 0 Å². The fourth-order valence-electron chi connectivity index (χ4n) is 2.76. The normalized spacial score (nSPS) is 26.0. The Kier molecular flexibility index (Phi) is 3.95. The maximum atomic E-state index is 13.2. The second kappa shape index (κ2) is 5.59. The van der Waals surface area contributed by atoms with Crippen LogP contribution in [0.25, 0.3) is 0 Å². The Balaban J connectivity index is 1.80. The van der Waals surface area contributed by atoms with Gasteiger partial charge in [-0.25, -0.2) is 0 Å². The van der Waals surface area contributed by atoms with Crippen LogP contribution in [0.2, 0.25) is 0 Å². The molecule has 2 atom stereocenters. The lowest BCUT2D eigenvalue weighted by Crippen LogP contribution is -2.15. The highest BCUT2D eigenvalue weighted by Gasteiger charge is 2.36. The Morgan fingerprint density at radius 1 is 1.05 bits per heavy atom. The number of alkyl halides is 3. The van der Waals surface area contributed by atoms with E-state index in [0.717, 1.165) is 24.2 Å². The summed E-state index contributed by atoms with van der Waals surface area (Å²) >= 11 is 1.97. The topological polar surface area (TPSA) is 26.0 Å². The van der Waals surface area contributed by atoms with Gasteiger partial charge in [-0.1, -0.05) is 18.2 Å². The van der Waals surface area contributed by atoms with Gasteiger partial charge in [0.05, 0.1) is 5.56 Å². The van der Waals surface area contributed by atoms with E-state index in [-0.39, 0.29) is 11.6 Å². The van der Waals surface area contributed by atoms with E-state index in [1.807, 2.05) is 17.8 Å². The number of thioether (sulfide) groups is 1. The molecule has 0 amide bonds. The third kappa shape index (κ3) is 3.57. The lowest BCUT2D eigenvalue weighted by Gasteiger charge is -2.25. The van der Waals surface area contributed by atoms with Crippen LogP contribution in [0, 0.1) is 0 Å². The predicted octanol–water partition coefficient (Wildman–Crippen LogP) is 4.99. The van der Waals surface area contributed by atoms with Crippen LogP contribution < -0.4 is 5.73 Å². The quantitative estimate of drug-likeness (QED) is 0.629. The average Bonchev–Trinajstić information content (AvgIpc) is 3.23. The molecule has 1 saturated carbocycles. The number of hydrogen-bond acceptors (Lipinski definition) is 2. The van der Waals surface area contributed by atoms with Crippen LogP contribution >= 0.6 is 11.8 Å². The van der Waals surface area contributed by atoms with Gasteiger partial charge in [0, 0.05) is 22.1 Å². The van der Waals surface area contributed by atoms with Crippen molar-refractivity contribution >= 4 is 17.4 Å². The van der Waals surface area contributed by atoms with Crippen LogP contribution in [0.3, 0.4) is 0 Å². The van der Waals surface area contributed by atoms with E-state index in [4.69, 9.17) is 5.73 Å². The minimum absolute atomic E-state index is 0.154. The van der Waals surface area contributed by atoms with Crippen molar-refractivity contribution in [2.45, 2.75) is 48.3 Å². The summed E-state index contributed by atoms with van der Waals surface area (Å²) in [5.74, 6) is -0.154. The second-order valence-electron chi connectivity index (χ2n) is 5.79. The number of halogens is 3. The molecule has 1 aromatic carbocycles. The molecule has 5 heteroatoms. The van der Waals surface area contributed by atoms with Crippen molar-refractivity contribution in [2.75, 3.05) is 5.73 Å². The third-order valence-electron chi connectivity index (χ3n) is 3.99. The van der Waals surface area contributed by atoms with Crippen molar-refractivity contribution in [2.24, 2.45) is 0 Å². The highest BCUT2D eigenvalue weighted by atomic mass is 32.2. The van der Waals surface area contributed by atoms with Crippen LogP contribution in [0.4, 0.5) is 18.9 Å². The van der Waals surface area contributed by atoms with Crippen molar-refractivity contribution in [1.29, 1.82) is 0 Å². The number of benzene rings is 1. The highest BCUT2D eigenvalue weighted by Crippen LogP contribution is 2.44. The van der Waals surface area contributed by atoms with Gasteiger partial charge in [0.25, 0.3) is 0 Å². The summed E-state index contributed by atoms with van der Waals surface area (Å²) in [7, 11) is 0. The summed E-state index contributed by atoms with van der Waals surface area (Å²) in [6.07, 6.45) is 3.98. The van der Waals surface area contributed by atoms with E-state index in [1.54, 1.807) is 6.07 Å². The predicted molar refractivity (Wildman–Crippen MR) is 81.4 cm³/mol. The Morgan fingerprint density at radius 3 is 2.38 bits per heavy atom. The minimum atomic E-state index is -4.35. The zero-order chi connectivity index (χ0) is 15.0. The van der Waals surface area contributed by atoms with Gasteiger partial charge >= 0.3 is 6.18 Å². The molecule has 1 nitrogen and oxygen atoms in total. The van der Waals surface area contributed by atoms with Crippen molar-refractivity contribution in [3.8, 4) is 0 Å². The molecule has 0 radical (unpaired) electrons. The molecule has 0 bridgehead atoms. The fourth-order valence-corrected chi connectivity index (χ4v) is 4.12. The summed E-state index contributed by atoms with van der Waals surface area (Å²) < 4.78 is 39.5. The first-order chi connectivity index (χ1) is 9.93. The van der Waals surface area contributed by atoms with Gasteiger partial charge in [0.2, 0.25) is 0 Å². The first-order valence-corrected chi connectivity index (χ1v) is 8.18. The lowest BCUT2D eigenvalue weighted by atomic mass is 9.86. The van der Waals surface area contributed by atoms with Gasteiger partial charge in [-0.3, -0.25) is 0 Å². The zero-order valence-electron chi connectivity index (χ0n) is 11.6. The Morgan fingerprint density at radius 2 is 1.81 bits per heavy atom. The van der Waals surface area contributed by atoms with Gasteiger partial charge in [0.15, 0.2) is 0 Å². The van der Waals surface area contributed by atoms with Crippen molar-refractivity contribution in [3.05, 3.63) is 41.5 Å². The molecule has 2 aliphatic carbocycles. The smallest absolute Gasteiger partial charge is 0.399 e. The van der Waals surface area contributed by atoms with Crippen LogP contribution in [-0.2, 0) is 6.18 Å². The standard InChI is InChI=1S/C16H18F3NS/c17-16(18,19)15-9-11(20)3-8-14(15)10-1-4-12(5-2-10)21-13-6-7-13/h1,3-4,8-10,12-13H,2,5-7,20H2. The van der Waals surface area contributed by atoms with Crippen molar-refractivity contribution < 1.29 is 13.2 Å². The Bertz CT molecular complexity index is 549. The SMILES string of the molecule is Nc1ccc(C2C=CC(SC3CC3)CC2)c(C(F)(F)F)c1. The van der Waals surface area contributed by atoms with Crippen molar-refractivity contribution in [1.82, 2.24) is 0 Å². The van der Waals surface area contributed by atoms with Gasteiger partial charge in [-0.2, -0.15) is 24.9 Å². The number of anilines is 1.